The molecule has 0 aliphatic rings. The predicted octanol–water partition coefficient (Wildman–Crippen LogP) is 7.11. The number of nitriles is 1. The number of carbonyl (C=O) groups excluding carboxylic acids is 1. The molecule has 0 spiro atoms. The number of ether oxygens (including phenoxy) is 1. The van der Waals surface area contributed by atoms with Crippen molar-refractivity contribution in [3.8, 4) is 23.1 Å². The summed E-state index contributed by atoms with van der Waals surface area (Å²) in [7, 11) is -4.04. The summed E-state index contributed by atoms with van der Waals surface area (Å²) < 4.78 is 47.1. The minimum absolute atomic E-state index is 0.00570. The van der Waals surface area contributed by atoms with E-state index in [0.717, 1.165) is 5.56 Å². The molecule has 0 bridgehead atoms. The summed E-state index contributed by atoms with van der Waals surface area (Å²) >= 11 is 6.57. The molecule has 0 radical (unpaired) electrons. The summed E-state index contributed by atoms with van der Waals surface area (Å²) in [6.07, 6.45) is -0.101. The van der Waals surface area contributed by atoms with E-state index >= 15 is 4.39 Å². The van der Waals surface area contributed by atoms with E-state index in [1.807, 2.05) is 0 Å². The van der Waals surface area contributed by atoms with Crippen molar-refractivity contribution in [1.82, 2.24) is 19.9 Å². The Morgan fingerprint density at radius 2 is 1.73 bits per heavy atom. The number of carbonyl (C=O) groups is 1. The maximum Gasteiger partial charge on any atom is 0.459 e. The van der Waals surface area contributed by atoms with Crippen molar-refractivity contribution in [3.63, 3.8) is 0 Å². The molecule has 0 aliphatic carbocycles. The van der Waals surface area contributed by atoms with Crippen molar-refractivity contribution in [2.24, 2.45) is 0 Å². The van der Waals surface area contributed by atoms with Gasteiger partial charge in [0.2, 0.25) is 5.95 Å². The van der Waals surface area contributed by atoms with Crippen LogP contribution >= 0.6 is 19.3 Å². The molecule has 15 heteroatoms. The number of hydrogen-bond donors (Lipinski definition) is 2. The Morgan fingerprint density at radius 3 is 2.41 bits per heavy atom. The van der Waals surface area contributed by atoms with Crippen LogP contribution in [-0.2, 0) is 25.2 Å². The Kier molecular flexibility index (Phi) is 12.2. The smallest absolute Gasteiger partial charge is 0.459 e. The molecule has 0 amide bonds. The first-order chi connectivity index (χ1) is 24.5. The number of nitrogens with one attached hydrogen (secondary N) is 2. The average molecular weight is 733 g/mol. The molecule has 2 N–H and O–H groups in total. The van der Waals surface area contributed by atoms with Crippen molar-refractivity contribution < 1.29 is 27.5 Å². The molecule has 0 fully saturated rings. The number of benzene rings is 3. The molecule has 0 saturated heterocycles. The third-order valence-corrected chi connectivity index (χ3v) is 9.33. The molecule has 12 nitrogen and oxygen atoms in total. The maximum atomic E-state index is 15.7. The third-order valence-electron chi connectivity index (χ3n) is 7.37. The van der Waals surface area contributed by atoms with Crippen LogP contribution in [-0.4, -0.2) is 46.0 Å². The number of rotatable bonds is 15. The molecular weight excluding hydrogens is 698 g/mol. The van der Waals surface area contributed by atoms with Gasteiger partial charge in [-0.25, -0.2) is 14.2 Å². The van der Waals surface area contributed by atoms with Gasteiger partial charge < -0.3 is 14.6 Å². The van der Waals surface area contributed by atoms with Gasteiger partial charge >= 0.3 is 13.7 Å². The molecule has 5 rings (SSSR count). The second kappa shape index (κ2) is 16.7. The van der Waals surface area contributed by atoms with Gasteiger partial charge in [0, 0.05) is 11.9 Å². The summed E-state index contributed by atoms with van der Waals surface area (Å²) in [5.41, 5.74) is 1.02. The van der Waals surface area contributed by atoms with E-state index in [2.05, 4.69) is 26.6 Å². The van der Waals surface area contributed by atoms with Crippen LogP contribution in [0, 0.1) is 17.3 Å². The van der Waals surface area contributed by atoms with Gasteiger partial charge in [0.1, 0.15) is 23.3 Å². The zero-order valence-electron chi connectivity index (χ0n) is 28.0. The normalized spacial score (nSPS) is 13.0. The van der Waals surface area contributed by atoms with Gasteiger partial charge in [0.15, 0.2) is 0 Å². The quantitative estimate of drug-likeness (QED) is 0.0489. The Hall–Kier alpha value is -5.12. The Balaban J connectivity index is 1.29. The van der Waals surface area contributed by atoms with Gasteiger partial charge in [0.05, 0.1) is 46.9 Å². The lowest BCUT2D eigenvalue weighted by Gasteiger charge is -2.23. The van der Waals surface area contributed by atoms with Gasteiger partial charge in [-0.3, -0.25) is 14.1 Å². The van der Waals surface area contributed by atoms with E-state index in [0.29, 0.717) is 16.3 Å². The lowest BCUT2D eigenvalue weighted by Crippen LogP contribution is -2.36. The Morgan fingerprint density at radius 1 is 1.04 bits per heavy atom. The van der Waals surface area contributed by atoms with Crippen LogP contribution in [0.4, 0.5) is 10.2 Å². The molecule has 0 saturated carbocycles. The molecular formula is C36H35ClFN6O6P. The molecule has 2 atom stereocenters. The van der Waals surface area contributed by atoms with Crippen LogP contribution in [0.25, 0.3) is 22.0 Å². The highest BCUT2D eigenvalue weighted by molar-refractivity contribution is 7.52. The number of fused-ring (bicyclic) bond motifs is 1. The van der Waals surface area contributed by atoms with Crippen molar-refractivity contribution in [2.45, 2.75) is 45.9 Å². The van der Waals surface area contributed by atoms with E-state index in [1.54, 1.807) is 92.7 Å². The van der Waals surface area contributed by atoms with E-state index in [4.69, 9.17) is 30.6 Å². The fourth-order valence-electron chi connectivity index (χ4n) is 4.95. The van der Waals surface area contributed by atoms with Crippen molar-refractivity contribution >= 4 is 41.9 Å². The van der Waals surface area contributed by atoms with Gasteiger partial charge in [-0.15, -0.1) is 0 Å². The number of halogens is 2. The third kappa shape index (κ3) is 9.57. The predicted molar refractivity (Wildman–Crippen MR) is 192 cm³/mol. The van der Waals surface area contributed by atoms with Crippen LogP contribution < -0.4 is 20.5 Å². The zero-order chi connectivity index (χ0) is 36.5. The molecule has 5 aromatic rings. The first-order valence-corrected chi connectivity index (χ1v) is 17.9. The zero-order valence-corrected chi connectivity index (χ0v) is 29.7. The van der Waals surface area contributed by atoms with Gasteiger partial charge in [-0.1, -0.05) is 60.1 Å². The van der Waals surface area contributed by atoms with E-state index in [9.17, 15) is 14.2 Å². The highest BCUT2D eigenvalue weighted by Crippen LogP contribution is 2.45. The fraction of sp³-hybridized carbons (Fsp3) is 0.250. The highest BCUT2D eigenvalue weighted by Gasteiger charge is 2.32. The average Bonchev–Trinajstić information content (AvgIpc) is 3.11. The molecule has 2 aromatic heterocycles. The standard InChI is InChI=1S/C36H35ClFN6O6P/c1-23(2)49-36(46)24(3)43-51(47,50-27-10-5-4-6-11-27)48-19-9-18-40-34-31(37)20-30(33(38)41-34)32-28-12-7-8-13-29(28)35(45)44(42-32)22-26-16-14-25(21-39)15-17-26/h4-8,10-17,20,23-24H,9,18-19,22H2,1-3H3,(H,40,41)(H,43,47)/t24-,51+/m1/s1. The van der Waals surface area contributed by atoms with Crippen LogP contribution in [0.3, 0.4) is 0 Å². The number of para-hydroxylation sites is 1. The Labute approximate surface area is 298 Å². The van der Waals surface area contributed by atoms with Crippen molar-refractivity contribution in [2.75, 3.05) is 18.5 Å². The number of anilines is 1. The number of pyridine rings is 1. The fourth-order valence-corrected chi connectivity index (χ4v) is 6.70. The van der Waals surface area contributed by atoms with Crippen molar-refractivity contribution in [1.29, 1.82) is 5.26 Å². The number of aromatic nitrogens is 3. The largest absolute Gasteiger partial charge is 0.462 e. The summed E-state index contributed by atoms with van der Waals surface area (Å²) in [6.45, 7) is 5.10. The maximum absolute atomic E-state index is 15.7. The summed E-state index contributed by atoms with van der Waals surface area (Å²) in [5, 5.41) is 20.1. The van der Waals surface area contributed by atoms with E-state index in [-0.39, 0.29) is 65.6 Å². The monoisotopic (exact) mass is 732 g/mol. The molecule has 51 heavy (non-hydrogen) atoms. The minimum atomic E-state index is -4.04. The topological polar surface area (TPSA) is 157 Å². The SMILES string of the molecule is CC(C)OC(=O)[C@@H](C)N[P@](=O)(OCCCNc1nc(F)c(-c2nn(Cc3ccc(C#N)cc3)c(=O)c3ccccc23)cc1Cl)Oc1ccccc1. The van der Waals surface area contributed by atoms with Crippen LogP contribution in [0.1, 0.15) is 38.3 Å². The van der Waals surface area contributed by atoms with E-state index < -0.39 is 25.7 Å². The van der Waals surface area contributed by atoms with Crippen LogP contribution in [0.15, 0.2) is 89.7 Å². The lowest BCUT2D eigenvalue weighted by atomic mass is 10.1. The lowest BCUT2D eigenvalue weighted by molar-refractivity contribution is -0.149. The minimum Gasteiger partial charge on any atom is -0.462 e. The molecule has 0 aliphatic heterocycles. The summed E-state index contributed by atoms with van der Waals surface area (Å²) in [5.74, 6) is -1.16. The number of hydrogen-bond acceptors (Lipinski definition) is 10. The van der Waals surface area contributed by atoms with Crippen molar-refractivity contribution in [3.05, 3.63) is 117 Å². The second-order valence-electron chi connectivity index (χ2n) is 11.7. The molecule has 2 heterocycles. The van der Waals surface area contributed by atoms with Gasteiger partial charge in [-0.05, 0) is 69.2 Å². The highest BCUT2D eigenvalue weighted by atomic mass is 35.5. The second-order valence-corrected chi connectivity index (χ2v) is 13.8. The molecule has 264 valence electrons. The Bertz CT molecular complexity index is 2160. The van der Waals surface area contributed by atoms with Crippen LogP contribution in [0.2, 0.25) is 5.02 Å². The number of nitrogens with zero attached hydrogens (tertiary/aromatic N) is 4. The van der Waals surface area contributed by atoms with Gasteiger partial charge in [0.25, 0.3) is 5.56 Å². The first kappa shape index (κ1) is 37.1. The summed E-state index contributed by atoms with van der Waals surface area (Å²) in [6, 6.07) is 24.3. The summed E-state index contributed by atoms with van der Waals surface area (Å²) in [4.78, 5) is 29.8. The number of esters is 1. The molecule has 3 aromatic carbocycles. The van der Waals surface area contributed by atoms with E-state index in [1.165, 1.54) is 17.7 Å². The first-order valence-electron chi connectivity index (χ1n) is 16.0. The van der Waals surface area contributed by atoms with Crippen LogP contribution in [0.5, 0.6) is 5.75 Å². The van der Waals surface area contributed by atoms with Gasteiger partial charge in [-0.2, -0.15) is 19.8 Å². The molecule has 0 unspecified atom stereocenters.